The Morgan fingerprint density at radius 2 is 1.93 bits per heavy atom. The maximum Gasteiger partial charge on any atom is 0.345 e. The Morgan fingerprint density at radius 1 is 1.19 bits per heavy atom. The highest BCUT2D eigenvalue weighted by Crippen LogP contribution is 2.35. The number of hydrogen-bond donors (Lipinski definition) is 0. The molecule has 0 saturated carbocycles. The highest BCUT2D eigenvalue weighted by atomic mass is 16.6. The molecule has 0 fully saturated rings. The van der Waals surface area contributed by atoms with Crippen LogP contribution < -0.4 is 9.47 Å². The van der Waals surface area contributed by atoms with Crippen LogP contribution in [0.3, 0.4) is 0 Å². The highest BCUT2D eigenvalue weighted by Gasteiger charge is 2.26. The molecule has 10 heteroatoms. The molecule has 0 radical (unpaired) electrons. The third-order valence-electron chi connectivity index (χ3n) is 3.59. The second kappa shape index (κ2) is 7.60. The van der Waals surface area contributed by atoms with Crippen molar-refractivity contribution in [2.24, 2.45) is 0 Å². The molecule has 140 valence electrons. The molecule has 0 aliphatic heterocycles. The first-order valence-corrected chi connectivity index (χ1v) is 7.60. The number of nitro groups is 1. The zero-order chi connectivity index (χ0) is 19.4. The van der Waals surface area contributed by atoms with Crippen LogP contribution in [-0.2, 0) is 11.3 Å². The first-order chi connectivity index (χ1) is 13.0. The van der Waals surface area contributed by atoms with Gasteiger partial charge in [-0.3, -0.25) is 10.1 Å². The number of hydrogen-bond acceptors (Lipinski definition) is 9. The van der Waals surface area contributed by atoms with Crippen LogP contribution in [0.1, 0.15) is 16.1 Å². The van der Waals surface area contributed by atoms with Crippen LogP contribution in [0.15, 0.2) is 45.5 Å². The molecule has 1 aromatic carbocycles. The van der Waals surface area contributed by atoms with Gasteiger partial charge in [-0.15, -0.1) is 0 Å². The zero-order valence-electron chi connectivity index (χ0n) is 14.3. The Labute approximate surface area is 152 Å². The van der Waals surface area contributed by atoms with Crippen LogP contribution in [0.25, 0.3) is 11.5 Å². The van der Waals surface area contributed by atoms with E-state index < -0.39 is 16.6 Å². The molecule has 3 aromatic rings. The van der Waals surface area contributed by atoms with Gasteiger partial charge in [-0.25, -0.2) is 4.79 Å². The molecule has 0 atom stereocenters. The fraction of sp³-hybridized carbons (Fsp3) is 0.176. The van der Waals surface area contributed by atoms with Crippen molar-refractivity contribution < 1.29 is 32.9 Å². The topological polar surface area (TPSA) is 127 Å². The summed E-state index contributed by atoms with van der Waals surface area (Å²) in [5.41, 5.74) is -0.417. The number of aromatic nitrogens is 1. The molecule has 10 nitrogen and oxygen atoms in total. The second-order valence-electron chi connectivity index (χ2n) is 5.22. The smallest absolute Gasteiger partial charge is 0.345 e. The van der Waals surface area contributed by atoms with Crippen LogP contribution in [0.2, 0.25) is 0 Å². The minimum absolute atomic E-state index is 0.125. The summed E-state index contributed by atoms with van der Waals surface area (Å²) in [5.74, 6) is 0.209. The molecule has 2 aromatic heterocycles. The number of methoxy groups -OCH3 is 2. The average Bonchev–Trinajstić information content (AvgIpc) is 3.36. The molecule has 0 spiro atoms. The quantitative estimate of drug-likeness (QED) is 0.348. The van der Waals surface area contributed by atoms with Gasteiger partial charge in [0.1, 0.15) is 17.9 Å². The van der Waals surface area contributed by atoms with Gasteiger partial charge in [-0.1, -0.05) is 5.16 Å². The van der Waals surface area contributed by atoms with E-state index in [1.165, 1.54) is 32.6 Å². The van der Waals surface area contributed by atoms with E-state index in [4.69, 9.17) is 23.2 Å². The predicted octanol–water partition coefficient (Wildman–Crippen LogP) is 3.22. The summed E-state index contributed by atoms with van der Waals surface area (Å²) in [6.07, 6.45) is 1.48. The van der Waals surface area contributed by atoms with Gasteiger partial charge in [0.2, 0.25) is 5.76 Å². The fourth-order valence-electron chi connectivity index (χ4n) is 2.31. The molecular weight excluding hydrogens is 360 g/mol. The summed E-state index contributed by atoms with van der Waals surface area (Å²) in [4.78, 5) is 22.9. The molecule has 0 amide bonds. The minimum Gasteiger partial charge on any atom is -0.493 e. The van der Waals surface area contributed by atoms with Crippen molar-refractivity contribution in [3.8, 4) is 23.0 Å². The fourth-order valence-corrected chi connectivity index (χ4v) is 2.31. The lowest BCUT2D eigenvalue weighted by Crippen LogP contribution is -2.09. The highest BCUT2D eigenvalue weighted by molar-refractivity contribution is 5.95. The molecule has 0 aliphatic carbocycles. The van der Waals surface area contributed by atoms with Gasteiger partial charge in [-0.05, 0) is 12.1 Å². The Morgan fingerprint density at radius 3 is 2.56 bits per heavy atom. The number of furan rings is 1. The van der Waals surface area contributed by atoms with E-state index in [-0.39, 0.29) is 23.7 Å². The molecule has 0 saturated heterocycles. The van der Waals surface area contributed by atoms with Gasteiger partial charge in [0, 0.05) is 12.1 Å². The first kappa shape index (κ1) is 18.0. The van der Waals surface area contributed by atoms with Crippen LogP contribution in [0.4, 0.5) is 5.69 Å². The van der Waals surface area contributed by atoms with Crippen molar-refractivity contribution in [2.75, 3.05) is 14.2 Å². The molecule has 0 N–H and O–H groups in total. The molecule has 0 aliphatic rings. The third-order valence-corrected chi connectivity index (χ3v) is 3.59. The van der Waals surface area contributed by atoms with Crippen molar-refractivity contribution in [3.05, 3.63) is 58.0 Å². The lowest BCUT2D eigenvalue weighted by molar-refractivity contribution is -0.385. The molecular formula is C17H14N2O8. The van der Waals surface area contributed by atoms with Crippen LogP contribution in [0.5, 0.6) is 11.5 Å². The SMILES string of the molecule is COc1cc(C(=O)OCc2cc(-c3ccco3)on2)c([N+](=O)[O-])cc1OC. The number of nitro benzene ring substituents is 1. The Kier molecular flexibility index (Phi) is 5.06. The average molecular weight is 374 g/mol. The minimum atomic E-state index is -0.912. The maximum atomic E-state index is 12.3. The molecule has 3 rings (SSSR count). The maximum absolute atomic E-state index is 12.3. The monoisotopic (exact) mass is 374 g/mol. The second-order valence-corrected chi connectivity index (χ2v) is 5.22. The van der Waals surface area contributed by atoms with Crippen LogP contribution in [-0.4, -0.2) is 30.3 Å². The third kappa shape index (κ3) is 3.73. The number of benzene rings is 1. The van der Waals surface area contributed by atoms with E-state index in [1.807, 2.05) is 0 Å². The summed E-state index contributed by atoms with van der Waals surface area (Å²) < 4.78 is 25.5. The van der Waals surface area contributed by atoms with E-state index >= 15 is 0 Å². The standard InChI is InChI=1S/C17H14N2O8/c1-23-14-7-11(12(19(21)22)8-15(14)24-2)17(20)26-9-10-6-16(27-18-10)13-4-3-5-25-13/h3-8H,9H2,1-2H3. The normalized spacial score (nSPS) is 10.4. The van der Waals surface area contributed by atoms with Crippen LogP contribution in [0, 0.1) is 10.1 Å². The van der Waals surface area contributed by atoms with Crippen LogP contribution >= 0.6 is 0 Å². The van der Waals surface area contributed by atoms with Gasteiger partial charge in [0.05, 0.1) is 31.5 Å². The summed E-state index contributed by atoms with van der Waals surface area (Å²) in [7, 11) is 2.69. The largest absolute Gasteiger partial charge is 0.493 e. The van der Waals surface area contributed by atoms with Gasteiger partial charge < -0.3 is 23.2 Å². The Bertz CT molecular complexity index is 961. The van der Waals surface area contributed by atoms with Crippen molar-refractivity contribution in [3.63, 3.8) is 0 Å². The summed E-state index contributed by atoms with van der Waals surface area (Å²) >= 11 is 0. The van der Waals surface area contributed by atoms with E-state index in [1.54, 1.807) is 12.1 Å². The summed E-state index contributed by atoms with van der Waals surface area (Å²) in [6.45, 7) is -0.242. The molecule has 0 unspecified atom stereocenters. The number of nitrogens with zero attached hydrogens (tertiary/aromatic N) is 2. The molecule has 27 heavy (non-hydrogen) atoms. The van der Waals surface area contributed by atoms with Gasteiger partial charge in [0.15, 0.2) is 17.3 Å². The lowest BCUT2D eigenvalue weighted by Gasteiger charge is -2.10. The van der Waals surface area contributed by atoms with Crippen molar-refractivity contribution in [1.29, 1.82) is 0 Å². The van der Waals surface area contributed by atoms with Gasteiger partial charge >= 0.3 is 5.97 Å². The number of esters is 1. The molecule has 0 bridgehead atoms. The van der Waals surface area contributed by atoms with E-state index in [0.29, 0.717) is 17.2 Å². The van der Waals surface area contributed by atoms with E-state index in [0.717, 1.165) is 6.07 Å². The Hall–Kier alpha value is -3.82. The number of carbonyl (C=O) groups is 1. The van der Waals surface area contributed by atoms with Gasteiger partial charge in [-0.2, -0.15) is 0 Å². The molecule has 2 heterocycles. The lowest BCUT2D eigenvalue weighted by atomic mass is 10.1. The number of rotatable bonds is 7. The van der Waals surface area contributed by atoms with Gasteiger partial charge in [0.25, 0.3) is 5.69 Å². The van der Waals surface area contributed by atoms with Crippen molar-refractivity contribution in [1.82, 2.24) is 5.16 Å². The number of carbonyl (C=O) groups excluding carboxylic acids is 1. The summed E-state index contributed by atoms with van der Waals surface area (Å²) in [6, 6.07) is 7.20. The van der Waals surface area contributed by atoms with Crippen molar-refractivity contribution in [2.45, 2.75) is 6.61 Å². The van der Waals surface area contributed by atoms with E-state index in [9.17, 15) is 14.9 Å². The predicted molar refractivity (Wildman–Crippen MR) is 89.5 cm³/mol. The number of ether oxygens (including phenoxy) is 3. The first-order valence-electron chi connectivity index (χ1n) is 7.60. The van der Waals surface area contributed by atoms with Crippen molar-refractivity contribution >= 4 is 11.7 Å². The Balaban J connectivity index is 1.78. The zero-order valence-corrected chi connectivity index (χ0v) is 14.3. The summed E-state index contributed by atoms with van der Waals surface area (Å²) in [5, 5.41) is 15.0. The van der Waals surface area contributed by atoms with E-state index in [2.05, 4.69) is 5.16 Å².